The number of nitrogens with one attached hydrogen (secondary N) is 3. The summed E-state index contributed by atoms with van der Waals surface area (Å²) in [6, 6.07) is 18.6. The Morgan fingerprint density at radius 1 is 0.714 bits per heavy atom. The van der Waals surface area contributed by atoms with Crippen LogP contribution in [0.4, 0.5) is 28.8 Å². The number of aliphatic hydroxyl groups excluding tert-OH is 2. The maximum Gasteiger partial charge on any atom is 0.135 e. The van der Waals surface area contributed by atoms with Gasteiger partial charge in [0.15, 0.2) is 0 Å². The molecule has 0 spiro atoms. The third-order valence-corrected chi connectivity index (χ3v) is 5.24. The summed E-state index contributed by atoms with van der Waals surface area (Å²) in [6.45, 7) is 1.65. The van der Waals surface area contributed by atoms with Crippen LogP contribution < -0.4 is 31.2 Å². The molecule has 0 aliphatic heterocycles. The number of hydrogen-bond donors (Lipinski definition) is 6. The minimum Gasteiger partial charge on any atom is -0.497 e. The summed E-state index contributed by atoms with van der Waals surface area (Å²) in [6.07, 6.45) is 4.31. The molecule has 42 heavy (non-hydrogen) atoms. The fourth-order valence-electron chi connectivity index (χ4n) is 2.96. The molecule has 0 fully saturated rings. The summed E-state index contributed by atoms with van der Waals surface area (Å²) in [7, 11) is 3.27. The van der Waals surface area contributed by atoms with Gasteiger partial charge in [0.05, 0.1) is 14.2 Å². The largest absolute Gasteiger partial charge is 0.497 e. The molecule has 12 nitrogen and oxygen atoms in total. The molecular formula is C28H38Cl2N8O4. The van der Waals surface area contributed by atoms with Gasteiger partial charge in [-0.05, 0) is 67.9 Å². The van der Waals surface area contributed by atoms with Crippen molar-refractivity contribution in [2.75, 3.05) is 56.5 Å². The highest BCUT2D eigenvalue weighted by atomic mass is 35.5. The van der Waals surface area contributed by atoms with E-state index in [4.69, 9.17) is 37.0 Å². The van der Waals surface area contributed by atoms with Crippen LogP contribution in [0.5, 0.6) is 11.5 Å². The zero-order valence-corrected chi connectivity index (χ0v) is 25.1. The van der Waals surface area contributed by atoms with Crippen molar-refractivity contribution in [2.24, 2.45) is 5.73 Å². The van der Waals surface area contributed by atoms with E-state index in [2.05, 4.69) is 35.9 Å². The first-order chi connectivity index (χ1) is 20.0. The molecule has 0 atom stereocenters. The van der Waals surface area contributed by atoms with E-state index < -0.39 is 0 Å². The molecule has 0 aliphatic carbocycles. The quantitative estimate of drug-likeness (QED) is 0.0956. The van der Waals surface area contributed by atoms with E-state index in [0.717, 1.165) is 35.1 Å². The monoisotopic (exact) mass is 620 g/mol. The minimum atomic E-state index is 0. The van der Waals surface area contributed by atoms with Crippen LogP contribution in [0.15, 0.2) is 73.3 Å². The van der Waals surface area contributed by atoms with Crippen molar-refractivity contribution in [3.05, 3.63) is 78.5 Å². The number of halogens is 2. The highest BCUT2D eigenvalue weighted by Gasteiger charge is 2.00. The molecule has 2 heterocycles. The number of hydrogen-bond acceptors (Lipinski definition) is 12. The van der Waals surface area contributed by atoms with Crippen LogP contribution in [-0.2, 0) is 0 Å². The number of methoxy groups -OCH3 is 2. The highest BCUT2D eigenvalue weighted by Crippen LogP contribution is 2.20. The maximum absolute atomic E-state index is 8.74. The molecule has 14 heteroatoms. The van der Waals surface area contributed by atoms with Crippen LogP contribution in [0.25, 0.3) is 0 Å². The predicted molar refractivity (Wildman–Crippen MR) is 170 cm³/mol. The zero-order chi connectivity index (χ0) is 29.7. The number of rotatable bonds is 12. The van der Waals surface area contributed by atoms with Gasteiger partial charge in [-0.2, -0.15) is 0 Å². The Morgan fingerprint density at radius 2 is 1.19 bits per heavy atom. The van der Waals surface area contributed by atoms with Gasteiger partial charge in [0.1, 0.15) is 46.8 Å². The van der Waals surface area contributed by atoms with Gasteiger partial charge in [-0.25, -0.2) is 19.9 Å². The van der Waals surface area contributed by atoms with Gasteiger partial charge in [0, 0.05) is 43.3 Å². The average Bonchev–Trinajstić information content (AvgIpc) is 2.99. The Morgan fingerprint density at radius 3 is 1.62 bits per heavy atom. The lowest BCUT2D eigenvalue weighted by molar-refractivity contribution is 0.291. The summed E-state index contributed by atoms with van der Waals surface area (Å²) in [4.78, 5) is 16.1. The van der Waals surface area contributed by atoms with E-state index in [1.807, 2.05) is 54.6 Å². The molecule has 228 valence electrons. The first kappa shape index (κ1) is 36.1. The third-order valence-electron chi connectivity index (χ3n) is 5.03. The van der Waals surface area contributed by atoms with E-state index in [0.29, 0.717) is 36.3 Å². The van der Waals surface area contributed by atoms with Crippen molar-refractivity contribution < 1.29 is 19.7 Å². The van der Waals surface area contributed by atoms with Gasteiger partial charge in [0.25, 0.3) is 0 Å². The van der Waals surface area contributed by atoms with Gasteiger partial charge < -0.3 is 41.4 Å². The molecule has 0 bridgehead atoms. The first-order valence-corrected chi connectivity index (χ1v) is 13.2. The summed E-state index contributed by atoms with van der Waals surface area (Å²) >= 11 is 5.75. The van der Waals surface area contributed by atoms with Crippen molar-refractivity contribution in [1.82, 2.24) is 19.9 Å². The molecule has 7 N–H and O–H groups in total. The average molecular weight is 622 g/mol. The Labute approximate surface area is 257 Å². The molecule has 0 saturated carbocycles. The zero-order valence-electron chi connectivity index (χ0n) is 23.5. The second-order valence-electron chi connectivity index (χ2n) is 8.09. The van der Waals surface area contributed by atoms with E-state index >= 15 is 0 Å². The van der Waals surface area contributed by atoms with E-state index in [1.165, 1.54) is 12.7 Å². The van der Waals surface area contributed by atoms with E-state index in [9.17, 15) is 0 Å². The molecule has 4 aromatic rings. The molecule has 0 saturated heterocycles. The molecule has 0 unspecified atom stereocenters. The lowest BCUT2D eigenvalue weighted by atomic mass is 10.3. The van der Waals surface area contributed by atoms with E-state index in [1.54, 1.807) is 20.3 Å². The molecule has 0 radical (unpaired) electrons. The molecule has 2 aromatic heterocycles. The van der Waals surface area contributed by atoms with Crippen LogP contribution >= 0.6 is 24.0 Å². The summed E-state index contributed by atoms with van der Waals surface area (Å²) in [5, 5.41) is 26.5. The predicted octanol–water partition coefficient (Wildman–Crippen LogP) is 4.65. The highest BCUT2D eigenvalue weighted by molar-refractivity contribution is 6.29. The Balaban J connectivity index is 0.000000360. The fraction of sp³-hybridized carbons (Fsp3) is 0.286. The molecular weight excluding hydrogens is 583 g/mol. The van der Waals surface area contributed by atoms with Crippen molar-refractivity contribution in [2.45, 2.75) is 12.8 Å². The summed E-state index contributed by atoms with van der Waals surface area (Å²) in [5.41, 5.74) is 6.81. The van der Waals surface area contributed by atoms with Gasteiger partial charge in [-0.3, -0.25) is 0 Å². The third kappa shape index (κ3) is 14.6. The SMILES string of the molecule is COc1ccc(Nc2cc(Cl)ncn2)cc1.COc1ccc(Nc2cc(NCCCO)ncn2)cc1.Cl.NCCCO. The number of ether oxygens (including phenoxy) is 2. The molecule has 0 amide bonds. The van der Waals surface area contributed by atoms with Crippen LogP contribution in [-0.4, -0.2) is 70.7 Å². The van der Waals surface area contributed by atoms with Crippen molar-refractivity contribution in [1.29, 1.82) is 0 Å². The van der Waals surface area contributed by atoms with Crippen LogP contribution in [0.2, 0.25) is 5.15 Å². The number of aliphatic hydroxyl groups is 2. The second kappa shape index (κ2) is 21.8. The molecule has 2 aromatic carbocycles. The number of nitrogens with zero attached hydrogens (tertiary/aromatic N) is 4. The van der Waals surface area contributed by atoms with Crippen molar-refractivity contribution in [3.8, 4) is 11.5 Å². The maximum atomic E-state index is 8.74. The Bertz CT molecular complexity index is 1250. The number of nitrogens with two attached hydrogens (primary N) is 1. The second-order valence-corrected chi connectivity index (χ2v) is 8.48. The van der Waals surface area contributed by atoms with Crippen molar-refractivity contribution >= 4 is 52.8 Å². The smallest absolute Gasteiger partial charge is 0.135 e. The number of benzene rings is 2. The number of aromatic nitrogens is 4. The van der Waals surface area contributed by atoms with Crippen LogP contribution in [0, 0.1) is 0 Å². The van der Waals surface area contributed by atoms with Crippen LogP contribution in [0.1, 0.15) is 12.8 Å². The lowest BCUT2D eigenvalue weighted by Crippen LogP contribution is -2.06. The van der Waals surface area contributed by atoms with Gasteiger partial charge >= 0.3 is 0 Å². The summed E-state index contributed by atoms with van der Waals surface area (Å²) in [5.74, 6) is 3.71. The van der Waals surface area contributed by atoms with Gasteiger partial charge in [0.2, 0.25) is 0 Å². The van der Waals surface area contributed by atoms with Crippen molar-refractivity contribution in [3.63, 3.8) is 0 Å². The van der Waals surface area contributed by atoms with Crippen LogP contribution in [0.3, 0.4) is 0 Å². The van der Waals surface area contributed by atoms with E-state index in [-0.39, 0.29) is 25.6 Å². The summed E-state index contributed by atoms with van der Waals surface area (Å²) < 4.78 is 10.2. The normalized spacial score (nSPS) is 9.57. The molecule has 0 aliphatic rings. The topological polar surface area (TPSA) is 173 Å². The Kier molecular flexibility index (Phi) is 18.7. The minimum absolute atomic E-state index is 0. The van der Waals surface area contributed by atoms with Gasteiger partial charge in [-0.1, -0.05) is 11.6 Å². The fourth-order valence-corrected chi connectivity index (χ4v) is 3.10. The first-order valence-electron chi connectivity index (χ1n) is 12.8. The lowest BCUT2D eigenvalue weighted by Gasteiger charge is -2.08. The Hall–Kier alpha value is -3.94. The standard InChI is InChI=1S/C14H18N4O2.C11H10ClN3O.C3H9NO.ClH/c1-20-12-5-3-11(4-6-12)18-14-9-13(16-10-17-14)15-7-2-8-19;1-16-9-4-2-8(3-5-9)15-11-6-10(12)13-7-14-11;4-2-1-3-5;/h3-6,9-10,19H,2,7-8H2,1H3,(H2,15,16,17,18);2-7H,1H3,(H,13,14,15);5H,1-4H2;1H. The van der Waals surface area contributed by atoms with Gasteiger partial charge in [-0.15, -0.1) is 12.4 Å². The molecule has 4 rings (SSSR count). The number of anilines is 5.